The van der Waals surface area contributed by atoms with E-state index in [1.807, 2.05) is 23.4 Å². The molecular weight excluding hydrogens is 312 g/mol. The quantitative estimate of drug-likeness (QED) is 0.801. The van der Waals surface area contributed by atoms with Gasteiger partial charge in [0, 0.05) is 54.6 Å². The molecule has 2 aromatic rings. The first kappa shape index (κ1) is 15.0. The Kier molecular flexibility index (Phi) is 4.61. The van der Waals surface area contributed by atoms with Crippen LogP contribution in [0.1, 0.15) is 29.0 Å². The summed E-state index contributed by atoms with van der Waals surface area (Å²) in [6, 6.07) is 0. The molecule has 0 N–H and O–H groups in total. The number of nitrogens with zero attached hydrogens (tertiary/aromatic N) is 3. The van der Waals surface area contributed by atoms with Crippen LogP contribution in [0, 0.1) is 5.92 Å². The van der Waals surface area contributed by atoms with Gasteiger partial charge in [0.25, 0.3) is 0 Å². The van der Waals surface area contributed by atoms with E-state index in [1.165, 1.54) is 9.75 Å². The molecule has 1 unspecified atom stereocenters. The minimum Gasteiger partial charge on any atom is -0.293 e. The molecule has 114 valence electrons. The largest absolute Gasteiger partial charge is 0.293 e. The highest BCUT2D eigenvalue weighted by Gasteiger charge is 2.39. The van der Waals surface area contributed by atoms with E-state index in [9.17, 15) is 8.78 Å². The van der Waals surface area contributed by atoms with Gasteiger partial charge in [-0.15, -0.1) is 22.7 Å². The van der Waals surface area contributed by atoms with Crippen molar-refractivity contribution >= 4 is 22.7 Å². The number of hydrogen-bond donors (Lipinski definition) is 0. The number of hydrogen-bond acceptors (Lipinski definition) is 5. The van der Waals surface area contributed by atoms with Crippen molar-refractivity contribution in [3.63, 3.8) is 0 Å². The van der Waals surface area contributed by atoms with Gasteiger partial charge in [0.1, 0.15) is 0 Å². The molecule has 0 saturated heterocycles. The fraction of sp³-hybridized carbons (Fsp3) is 0.571. The lowest BCUT2D eigenvalue weighted by atomic mass is 10.1. The van der Waals surface area contributed by atoms with E-state index < -0.39 is 5.92 Å². The predicted molar refractivity (Wildman–Crippen MR) is 80.6 cm³/mol. The fourth-order valence-electron chi connectivity index (χ4n) is 2.83. The highest BCUT2D eigenvalue weighted by Crippen LogP contribution is 2.39. The molecule has 1 aliphatic carbocycles. The highest BCUT2D eigenvalue weighted by atomic mass is 32.1. The minimum absolute atomic E-state index is 0.0227. The number of thiazole rings is 2. The van der Waals surface area contributed by atoms with Gasteiger partial charge >= 0.3 is 0 Å². The highest BCUT2D eigenvalue weighted by molar-refractivity contribution is 7.09. The molecule has 0 amide bonds. The monoisotopic (exact) mass is 329 g/mol. The van der Waals surface area contributed by atoms with Gasteiger partial charge in [0.2, 0.25) is 5.92 Å². The van der Waals surface area contributed by atoms with E-state index in [0.717, 1.165) is 13.1 Å². The Hall–Kier alpha value is -0.920. The summed E-state index contributed by atoms with van der Waals surface area (Å²) in [6.07, 6.45) is 4.39. The van der Waals surface area contributed by atoms with E-state index in [-0.39, 0.29) is 18.8 Å². The van der Waals surface area contributed by atoms with Crippen molar-refractivity contribution in [3.05, 3.63) is 33.2 Å². The van der Waals surface area contributed by atoms with Crippen molar-refractivity contribution in [3.8, 4) is 0 Å². The topological polar surface area (TPSA) is 29.0 Å². The van der Waals surface area contributed by atoms with Gasteiger partial charge in [-0.25, -0.2) is 8.78 Å². The maximum atomic E-state index is 13.4. The van der Waals surface area contributed by atoms with Gasteiger partial charge < -0.3 is 0 Å². The van der Waals surface area contributed by atoms with Crippen LogP contribution < -0.4 is 0 Å². The number of halogens is 2. The molecule has 1 aliphatic rings. The first-order chi connectivity index (χ1) is 10.1. The summed E-state index contributed by atoms with van der Waals surface area (Å²) in [7, 11) is 0. The Morgan fingerprint density at radius 1 is 1.14 bits per heavy atom. The van der Waals surface area contributed by atoms with Crippen LogP contribution in [-0.2, 0) is 13.1 Å². The van der Waals surface area contributed by atoms with Crippen molar-refractivity contribution in [1.82, 2.24) is 14.9 Å². The molecule has 21 heavy (non-hydrogen) atoms. The van der Waals surface area contributed by atoms with Crippen molar-refractivity contribution in [2.24, 2.45) is 5.92 Å². The standard InChI is InChI=1S/C14H17F2N3S2/c15-14(16)2-1-11(3-14)6-19(7-12-4-17-9-20-12)8-13-5-18-10-21-13/h4-5,9-11H,1-3,6-8H2. The SMILES string of the molecule is FC1(F)CCC(CN(Cc2cncs2)Cc2cncs2)C1. The van der Waals surface area contributed by atoms with Crippen LogP contribution in [0.3, 0.4) is 0 Å². The molecule has 1 fully saturated rings. The predicted octanol–water partition coefficient (Wildman–Crippen LogP) is 4.04. The Labute approximate surface area is 130 Å². The summed E-state index contributed by atoms with van der Waals surface area (Å²) < 4.78 is 26.7. The van der Waals surface area contributed by atoms with Crippen LogP contribution in [-0.4, -0.2) is 27.3 Å². The van der Waals surface area contributed by atoms with Crippen LogP contribution in [0.25, 0.3) is 0 Å². The van der Waals surface area contributed by atoms with Crippen LogP contribution in [0.4, 0.5) is 8.78 Å². The van der Waals surface area contributed by atoms with Crippen LogP contribution >= 0.6 is 22.7 Å². The maximum Gasteiger partial charge on any atom is 0.248 e. The Balaban J connectivity index is 1.64. The smallest absolute Gasteiger partial charge is 0.248 e. The van der Waals surface area contributed by atoms with E-state index >= 15 is 0 Å². The van der Waals surface area contributed by atoms with Gasteiger partial charge in [-0.2, -0.15) is 0 Å². The minimum atomic E-state index is -2.47. The summed E-state index contributed by atoms with van der Waals surface area (Å²) in [5, 5.41) is 0. The molecule has 0 aliphatic heterocycles. The number of rotatable bonds is 6. The first-order valence-corrected chi connectivity index (χ1v) is 8.71. The lowest BCUT2D eigenvalue weighted by Gasteiger charge is -2.24. The number of aromatic nitrogens is 2. The molecule has 3 rings (SSSR count). The molecule has 1 saturated carbocycles. The van der Waals surface area contributed by atoms with Crippen molar-refractivity contribution < 1.29 is 8.78 Å². The molecule has 0 radical (unpaired) electrons. The van der Waals surface area contributed by atoms with Crippen LogP contribution in [0.5, 0.6) is 0 Å². The van der Waals surface area contributed by atoms with E-state index in [4.69, 9.17) is 0 Å². The van der Waals surface area contributed by atoms with Gasteiger partial charge in [-0.3, -0.25) is 14.9 Å². The molecule has 2 aromatic heterocycles. The summed E-state index contributed by atoms with van der Waals surface area (Å²) in [4.78, 5) is 12.8. The van der Waals surface area contributed by atoms with Crippen molar-refractivity contribution in [2.75, 3.05) is 6.54 Å². The third-order valence-electron chi connectivity index (χ3n) is 3.75. The molecule has 1 atom stereocenters. The van der Waals surface area contributed by atoms with E-state index in [2.05, 4.69) is 14.9 Å². The third kappa shape index (κ3) is 4.28. The van der Waals surface area contributed by atoms with Gasteiger partial charge in [-0.1, -0.05) is 0 Å². The van der Waals surface area contributed by atoms with Gasteiger partial charge in [0.15, 0.2) is 0 Å². The zero-order valence-corrected chi connectivity index (χ0v) is 13.2. The molecule has 0 bridgehead atoms. The first-order valence-electron chi connectivity index (χ1n) is 6.96. The van der Waals surface area contributed by atoms with Crippen molar-refractivity contribution in [2.45, 2.75) is 38.3 Å². The summed E-state index contributed by atoms with van der Waals surface area (Å²) in [5.41, 5.74) is 3.62. The normalized spacial score (nSPS) is 21.2. The summed E-state index contributed by atoms with van der Waals surface area (Å²) >= 11 is 3.22. The Bertz CT molecular complexity index is 506. The summed E-state index contributed by atoms with van der Waals surface area (Å²) in [6.45, 7) is 2.25. The molecular formula is C14H17F2N3S2. The maximum absolute atomic E-state index is 13.4. The molecule has 0 aromatic carbocycles. The average Bonchev–Trinajstić information content (AvgIpc) is 3.13. The molecule has 7 heteroatoms. The lowest BCUT2D eigenvalue weighted by molar-refractivity contribution is 0.00320. The number of alkyl halides is 2. The average molecular weight is 329 g/mol. The second-order valence-corrected chi connectivity index (χ2v) is 7.51. The zero-order valence-electron chi connectivity index (χ0n) is 11.5. The summed E-state index contributed by atoms with van der Waals surface area (Å²) in [5.74, 6) is -2.38. The second kappa shape index (κ2) is 6.46. The van der Waals surface area contributed by atoms with Gasteiger partial charge in [-0.05, 0) is 12.3 Å². The lowest BCUT2D eigenvalue weighted by Crippen LogP contribution is -2.28. The fourth-order valence-corrected chi connectivity index (χ4v) is 4.10. The Morgan fingerprint density at radius 2 is 1.76 bits per heavy atom. The van der Waals surface area contributed by atoms with Crippen LogP contribution in [0.2, 0.25) is 0 Å². The van der Waals surface area contributed by atoms with Gasteiger partial charge in [0.05, 0.1) is 11.0 Å². The molecule has 3 nitrogen and oxygen atoms in total. The van der Waals surface area contributed by atoms with E-state index in [0.29, 0.717) is 13.0 Å². The molecule has 0 spiro atoms. The molecule has 2 heterocycles. The van der Waals surface area contributed by atoms with Crippen LogP contribution in [0.15, 0.2) is 23.4 Å². The van der Waals surface area contributed by atoms with Crippen molar-refractivity contribution in [1.29, 1.82) is 0 Å². The Morgan fingerprint density at radius 3 is 2.19 bits per heavy atom. The third-order valence-corrected chi connectivity index (χ3v) is 5.28. The second-order valence-electron chi connectivity index (χ2n) is 5.57. The zero-order chi connectivity index (χ0) is 14.7. The van der Waals surface area contributed by atoms with E-state index in [1.54, 1.807) is 22.7 Å².